The Kier molecular flexibility index (Phi) is 4.96. The molecule has 0 saturated heterocycles. The lowest BCUT2D eigenvalue weighted by Gasteiger charge is -2.22. The molecule has 2 N–H and O–H groups in total. The molecule has 0 aliphatic rings. The molecular weight excluding hydrogens is 202 g/mol. The van der Waals surface area contributed by atoms with Gasteiger partial charge in [-0.15, -0.1) is 0 Å². The Morgan fingerprint density at radius 1 is 1.44 bits per heavy atom. The third kappa shape index (κ3) is 5.88. The van der Waals surface area contributed by atoms with Crippen LogP contribution in [0.15, 0.2) is 18.5 Å². The van der Waals surface area contributed by atoms with Gasteiger partial charge in [0.2, 0.25) is 0 Å². The molecule has 0 amide bonds. The fourth-order valence-corrected chi connectivity index (χ4v) is 1.67. The van der Waals surface area contributed by atoms with E-state index in [1.165, 1.54) is 0 Å². The number of nitrogens with one attached hydrogen (secondary N) is 1. The molecule has 4 nitrogen and oxygen atoms in total. The Bertz CT molecular complexity index is 277. The van der Waals surface area contributed by atoms with Crippen molar-refractivity contribution < 1.29 is 5.11 Å². The van der Waals surface area contributed by atoms with Crippen molar-refractivity contribution in [2.24, 2.45) is 5.41 Å². The first kappa shape index (κ1) is 13.2. The van der Waals surface area contributed by atoms with Gasteiger partial charge in [-0.2, -0.15) is 5.10 Å². The maximum Gasteiger partial charge on any atom is 0.0669 e. The summed E-state index contributed by atoms with van der Waals surface area (Å²) in [5.41, 5.74) is 0.184. The molecule has 1 aromatic rings. The van der Waals surface area contributed by atoms with Crippen LogP contribution < -0.4 is 5.32 Å². The Morgan fingerprint density at radius 2 is 2.19 bits per heavy atom. The SMILES string of the molecule is CC(C)(C)CC(O)CNCCn1cccn1. The topological polar surface area (TPSA) is 50.1 Å². The molecule has 1 rings (SSSR count). The number of nitrogens with zero attached hydrogens (tertiary/aromatic N) is 2. The van der Waals surface area contributed by atoms with Gasteiger partial charge in [0.1, 0.15) is 0 Å². The van der Waals surface area contributed by atoms with Crippen LogP contribution in [0, 0.1) is 5.41 Å². The van der Waals surface area contributed by atoms with E-state index in [1.807, 2.05) is 16.9 Å². The summed E-state index contributed by atoms with van der Waals surface area (Å²) >= 11 is 0. The quantitative estimate of drug-likeness (QED) is 0.717. The highest BCUT2D eigenvalue weighted by molar-refractivity contribution is 4.77. The van der Waals surface area contributed by atoms with Crippen molar-refractivity contribution in [1.29, 1.82) is 0 Å². The number of aromatic nitrogens is 2. The zero-order chi connectivity index (χ0) is 12.0. The smallest absolute Gasteiger partial charge is 0.0669 e. The molecule has 16 heavy (non-hydrogen) atoms. The molecule has 0 saturated carbocycles. The monoisotopic (exact) mass is 225 g/mol. The minimum absolute atomic E-state index is 0.184. The molecule has 1 unspecified atom stereocenters. The lowest BCUT2D eigenvalue weighted by atomic mass is 9.89. The number of hydrogen-bond acceptors (Lipinski definition) is 3. The molecule has 0 aliphatic carbocycles. The van der Waals surface area contributed by atoms with Crippen LogP contribution >= 0.6 is 0 Å². The molecule has 0 fully saturated rings. The first-order chi connectivity index (χ1) is 7.47. The summed E-state index contributed by atoms with van der Waals surface area (Å²) in [4.78, 5) is 0. The van der Waals surface area contributed by atoms with Crippen LogP contribution in [-0.2, 0) is 6.54 Å². The molecule has 1 heterocycles. The largest absolute Gasteiger partial charge is 0.392 e. The maximum absolute atomic E-state index is 9.76. The van der Waals surface area contributed by atoms with Crippen LogP contribution in [0.4, 0.5) is 0 Å². The van der Waals surface area contributed by atoms with Gasteiger partial charge >= 0.3 is 0 Å². The number of aliphatic hydroxyl groups is 1. The summed E-state index contributed by atoms with van der Waals surface area (Å²) in [5, 5.41) is 17.1. The summed E-state index contributed by atoms with van der Waals surface area (Å²) in [6.07, 6.45) is 4.27. The average Bonchev–Trinajstić information content (AvgIpc) is 2.62. The molecule has 0 aromatic carbocycles. The van der Waals surface area contributed by atoms with Gasteiger partial charge in [-0.3, -0.25) is 4.68 Å². The minimum atomic E-state index is -0.266. The van der Waals surface area contributed by atoms with Gasteiger partial charge in [0.15, 0.2) is 0 Å². The van der Waals surface area contributed by atoms with Crippen LogP contribution in [0.1, 0.15) is 27.2 Å². The summed E-state index contributed by atoms with van der Waals surface area (Å²) in [7, 11) is 0. The second kappa shape index (κ2) is 6.01. The van der Waals surface area contributed by atoms with Gasteiger partial charge in [-0.1, -0.05) is 20.8 Å². The molecule has 92 valence electrons. The van der Waals surface area contributed by atoms with E-state index in [0.29, 0.717) is 6.54 Å². The van der Waals surface area contributed by atoms with E-state index in [-0.39, 0.29) is 11.5 Å². The zero-order valence-electron chi connectivity index (χ0n) is 10.5. The van der Waals surface area contributed by atoms with Gasteiger partial charge in [0.25, 0.3) is 0 Å². The highest BCUT2D eigenvalue weighted by atomic mass is 16.3. The van der Waals surface area contributed by atoms with Crippen LogP contribution in [0.2, 0.25) is 0 Å². The lowest BCUT2D eigenvalue weighted by molar-refractivity contribution is 0.119. The van der Waals surface area contributed by atoms with Crippen molar-refractivity contribution in [3.8, 4) is 0 Å². The van der Waals surface area contributed by atoms with E-state index in [2.05, 4.69) is 31.2 Å². The van der Waals surface area contributed by atoms with E-state index in [9.17, 15) is 5.11 Å². The standard InChI is InChI=1S/C12H23N3O/c1-12(2,3)9-11(16)10-13-6-8-15-7-4-5-14-15/h4-5,7,11,13,16H,6,8-10H2,1-3H3. The van der Waals surface area contributed by atoms with Crippen molar-refractivity contribution in [1.82, 2.24) is 15.1 Å². The summed E-state index contributed by atoms with van der Waals surface area (Å²) in [5.74, 6) is 0. The number of rotatable bonds is 6. The molecule has 0 spiro atoms. The molecule has 1 atom stereocenters. The molecular formula is C12H23N3O. The Labute approximate surface area is 97.7 Å². The van der Waals surface area contributed by atoms with Crippen molar-refractivity contribution in [2.45, 2.75) is 39.8 Å². The van der Waals surface area contributed by atoms with Gasteiger partial charge in [-0.05, 0) is 17.9 Å². The van der Waals surface area contributed by atoms with Crippen molar-refractivity contribution in [3.63, 3.8) is 0 Å². The highest BCUT2D eigenvalue weighted by Crippen LogP contribution is 2.20. The van der Waals surface area contributed by atoms with Gasteiger partial charge < -0.3 is 10.4 Å². The average molecular weight is 225 g/mol. The summed E-state index contributed by atoms with van der Waals surface area (Å²) in [6.45, 7) is 8.75. The molecule has 0 aliphatic heterocycles. The van der Waals surface area contributed by atoms with Gasteiger partial charge in [-0.25, -0.2) is 0 Å². The Morgan fingerprint density at radius 3 is 2.75 bits per heavy atom. The fraction of sp³-hybridized carbons (Fsp3) is 0.750. The van der Waals surface area contributed by atoms with E-state index in [0.717, 1.165) is 19.5 Å². The van der Waals surface area contributed by atoms with E-state index < -0.39 is 0 Å². The first-order valence-electron chi connectivity index (χ1n) is 5.83. The van der Waals surface area contributed by atoms with Crippen LogP contribution in [-0.4, -0.2) is 34.1 Å². The lowest BCUT2D eigenvalue weighted by Crippen LogP contribution is -2.32. The van der Waals surface area contributed by atoms with Crippen LogP contribution in [0.5, 0.6) is 0 Å². The zero-order valence-corrected chi connectivity index (χ0v) is 10.5. The third-order valence-electron chi connectivity index (χ3n) is 2.30. The first-order valence-corrected chi connectivity index (χ1v) is 5.83. The number of aliphatic hydroxyl groups excluding tert-OH is 1. The fourth-order valence-electron chi connectivity index (χ4n) is 1.67. The molecule has 4 heteroatoms. The van der Waals surface area contributed by atoms with Crippen molar-refractivity contribution in [3.05, 3.63) is 18.5 Å². The Hall–Kier alpha value is -0.870. The Balaban J connectivity index is 2.07. The van der Waals surface area contributed by atoms with Crippen LogP contribution in [0.25, 0.3) is 0 Å². The third-order valence-corrected chi connectivity index (χ3v) is 2.30. The molecule has 0 radical (unpaired) electrons. The second-order valence-electron chi connectivity index (χ2n) is 5.39. The normalized spacial score (nSPS) is 14.0. The van der Waals surface area contributed by atoms with Gasteiger partial charge in [0.05, 0.1) is 12.6 Å². The van der Waals surface area contributed by atoms with E-state index in [1.54, 1.807) is 6.20 Å². The second-order valence-corrected chi connectivity index (χ2v) is 5.39. The van der Waals surface area contributed by atoms with Gasteiger partial charge in [0, 0.05) is 25.5 Å². The van der Waals surface area contributed by atoms with Crippen molar-refractivity contribution in [2.75, 3.05) is 13.1 Å². The predicted molar refractivity (Wildman–Crippen MR) is 65.2 cm³/mol. The van der Waals surface area contributed by atoms with E-state index in [4.69, 9.17) is 0 Å². The van der Waals surface area contributed by atoms with E-state index >= 15 is 0 Å². The van der Waals surface area contributed by atoms with Crippen LogP contribution in [0.3, 0.4) is 0 Å². The summed E-state index contributed by atoms with van der Waals surface area (Å²) < 4.78 is 1.88. The maximum atomic E-state index is 9.76. The highest BCUT2D eigenvalue weighted by Gasteiger charge is 2.15. The van der Waals surface area contributed by atoms with Crippen molar-refractivity contribution >= 4 is 0 Å². The number of hydrogen-bond donors (Lipinski definition) is 2. The predicted octanol–water partition coefficient (Wildman–Crippen LogP) is 1.27. The molecule has 0 bridgehead atoms. The minimum Gasteiger partial charge on any atom is -0.392 e. The summed E-state index contributed by atoms with van der Waals surface area (Å²) in [6, 6.07) is 1.91. The molecule has 1 aromatic heterocycles.